The molecule has 2 aromatic carbocycles. The van der Waals surface area contributed by atoms with Crippen molar-refractivity contribution in [3.8, 4) is 5.75 Å². The van der Waals surface area contributed by atoms with Crippen molar-refractivity contribution in [3.05, 3.63) is 57.6 Å². The van der Waals surface area contributed by atoms with Crippen LogP contribution >= 0.6 is 11.6 Å². The third-order valence-electron chi connectivity index (χ3n) is 3.97. The first kappa shape index (κ1) is 19.1. The van der Waals surface area contributed by atoms with Crippen LogP contribution in [0.25, 0.3) is 0 Å². The Morgan fingerprint density at radius 3 is 2.44 bits per heavy atom. The van der Waals surface area contributed by atoms with Crippen molar-refractivity contribution >= 4 is 23.3 Å². The molecule has 0 fully saturated rings. The summed E-state index contributed by atoms with van der Waals surface area (Å²) in [6, 6.07) is 9.29. The van der Waals surface area contributed by atoms with Crippen LogP contribution in [0, 0.1) is 20.8 Å². The van der Waals surface area contributed by atoms with Crippen LogP contribution in [0.3, 0.4) is 0 Å². The summed E-state index contributed by atoms with van der Waals surface area (Å²) < 4.78 is 5.77. The lowest BCUT2D eigenvalue weighted by molar-refractivity contribution is 0.0698. The summed E-state index contributed by atoms with van der Waals surface area (Å²) in [5, 5.41) is 13.2. The number of unbranched alkanes of at least 4 members (excludes halogenated alkanes) is 1. The summed E-state index contributed by atoms with van der Waals surface area (Å²) >= 11 is 6.15. The van der Waals surface area contributed by atoms with E-state index in [1.165, 1.54) is 0 Å². The average molecular weight is 362 g/mol. The van der Waals surface area contributed by atoms with E-state index in [2.05, 4.69) is 5.32 Å². The van der Waals surface area contributed by atoms with Crippen LogP contribution in [-0.4, -0.2) is 24.2 Å². The maximum atomic E-state index is 11.3. The van der Waals surface area contributed by atoms with E-state index in [0.29, 0.717) is 24.4 Å². The van der Waals surface area contributed by atoms with E-state index < -0.39 is 5.97 Å². The van der Waals surface area contributed by atoms with Gasteiger partial charge in [-0.25, -0.2) is 4.79 Å². The maximum Gasteiger partial charge on any atom is 0.337 e. The molecule has 0 spiro atoms. The molecule has 0 saturated heterocycles. The summed E-state index contributed by atoms with van der Waals surface area (Å²) in [5.74, 6) is -0.0814. The van der Waals surface area contributed by atoms with Crippen molar-refractivity contribution < 1.29 is 14.6 Å². The van der Waals surface area contributed by atoms with Gasteiger partial charge in [-0.3, -0.25) is 0 Å². The van der Waals surface area contributed by atoms with Gasteiger partial charge < -0.3 is 15.2 Å². The highest BCUT2D eigenvalue weighted by molar-refractivity contribution is 6.32. The molecular weight excluding hydrogens is 338 g/mol. The Bertz CT molecular complexity index is 736. The van der Waals surface area contributed by atoms with Gasteiger partial charge in [0.1, 0.15) is 5.75 Å². The van der Waals surface area contributed by atoms with E-state index in [9.17, 15) is 9.90 Å². The fraction of sp³-hybridized carbons (Fsp3) is 0.350. The Morgan fingerprint density at radius 2 is 1.80 bits per heavy atom. The van der Waals surface area contributed by atoms with E-state index in [0.717, 1.165) is 40.3 Å². The van der Waals surface area contributed by atoms with Gasteiger partial charge in [-0.2, -0.15) is 0 Å². The Balaban J connectivity index is 1.77. The van der Waals surface area contributed by atoms with Crippen LogP contribution in [0.2, 0.25) is 5.02 Å². The monoisotopic (exact) mass is 361 g/mol. The summed E-state index contributed by atoms with van der Waals surface area (Å²) in [5.41, 5.74) is 3.93. The molecule has 0 aliphatic heterocycles. The van der Waals surface area contributed by atoms with Gasteiger partial charge in [0.15, 0.2) is 0 Å². The standard InChI is InChI=1S/C20H24ClNO3/c1-13-6-7-18(17(10-13)20(23)24)22-8-4-5-9-25-16-11-14(2)19(21)15(3)12-16/h6-7,10-12,22H,4-5,8-9H2,1-3H3,(H,23,24). The molecular formula is C20H24ClNO3. The highest BCUT2D eigenvalue weighted by Crippen LogP contribution is 2.26. The smallest absolute Gasteiger partial charge is 0.337 e. The molecule has 2 N–H and O–H groups in total. The quantitative estimate of drug-likeness (QED) is 0.631. The van der Waals surface area contributed by atoms with Crippen molar-refractivity contribution in [2.45, 2.75) is 33.6 Å². The topological polar surface area (TPSA) is 58.6 Å². The van der Waals surface area contributed by atoms with Crippen LogP contribution < -0.4 is 10.1 Å². The molecule has 134 valence electrons. The molecule has 0 bridgehead atoms. The molecule has 0 aromatic heterocycles. The van der Waals surface area contributed by atoms with Crippen molar-refractivity contribution in [1.82, 2.24) is 0 Å². The van der Waals surface area contributed by atoms with Crippen LogP contribution in [0.1, 0.15) is 39.9 Å². The Hall–Kier alpha value is -2.20. The molecule has 0 atom stereocenters. The molecule has 5 heteroatoms. The number of ether oxygens (including phenoxy) is 1. The minimum Gasteiger partial charge on any atom is -0.494 e. The molecule has 0 saturated carbocycles. The van der Waals surface area contributed by atoms with Gasteiger partial charge >= 0.3 is 5.97 Å². The third-order valence-corrected chi connectivity index (χ3v) is 4.57. The minimum atomic E-state index is -0.914. The second kappa shape index (κ2) is 8.77. The van der Waals surface area contributed by atoms with Gasteiger partial charge in [-0.15, -0.1) is 0 Å². The zero-order valence-corrected chi connectivity index (χ0v) is 15.6. The van der Waals surface area contributed by atoms with E-state index in [1.807, 2.05) is 45.0 Å². The average Bonchev–Trinajstić information content (AvgIpc) is 2.56. The molecule has 0 amide bonds. The van der Waals surface area contributed by atoms with E-state index in [1.54, 1.807) is 6.07 Å². The normalized spacial score (nSPS) is 10.6. The van der Waals surface area contributed by atoms with Crippen molar-refractivity contribution in [3.63, 3.8) is 0 Å². The van der Waals surface area contributed by atoms with Gasteiger partial charge in [0.05, 0.1) is 12.2 Å². The molecule has 0 unspecified atom stereocenters. The van der Waals surface area contributed by atoms with Crippen molar-refractivity contribution in [2.24, 2.45) is 0 Å². The van der Waals surface area contributed by atoms with Crippen molar-refractivity contribution in [2.75, 3.05) is 18.5 Å². The Morgan fingerprint density at radius 1 is 1.12 bits per heavy atom. The molecule has 2 aromatic rings. The number of benzene rings is 2. The largest absolute Gasteiger partial charge is 0.494 e. The predicted octanol–water partition coefficient (Wildman–Crippen LogP) is 5.23. The fourth-order valence-electron chi connectivity index (χ4n) is 2.62. The Labute approximate surface area is 153 Å². The molecule has 4 nitrogen and oxygen atoms in total. The molecule has 25 heavy (non-hydrogen) atoms. The first-order valence-corrected chi connectivity index (χ1v) is 8.73. The number of rotatable bonds is 8. The van der Waals surface area contributed by atoms with Gasteiger partial charge in [0.25, 0.3) is 0 Å². The zero-order valence-electron chi connectivity index (χ0n) is 14.9. The van der Waals surface area contributed by atoms with Gasteiger partial charge in [0, 0.05) is 17.3 Å². The lowest BCUT2D eigenvalue weighted by atomic mass is 10.1. The second-order valence-electron chi connectivity index (χ2n) is 6.21. The number of aryl methyl sites for hydroxylation is 3. The number of halogens is 1. The number of carboxylic acids is 1. The summed E-state index contributed by atoms with van der Waals surface area (Å²) in [4.78, 5) is 11.3. The number of nitrogens with one attached hydrogen (secondary N) is 1. The fourth-order valence-corrected chi connectivity index (χ4v) is 2.73. The number of carbonyl (C=O) groups is 1. The predicted molar refractivity (Wildman–Crippen MR) is 102 cm³/mol. The number of anilines is 1. The summed E-state index contributed by atoms with van der Waals surface area (Å²) in [7, 11) is 0. The third kappa shape index (κ3) is 5.40. The first-order valence-electron chi connectivity index (χ1n) is 8.36. The van der Waals surface area contributed by atoms with Crippen LogP contribution in [-0.2, 0) is 0 Å². The lowest BCUT2D eigenvalue weighted by Crippen LogP contribution is -2.09. The summed E-state index contributed by atoms with van der Waals surface area (Å²) in [6.45, 7) is 7.13. The highest BCUT2D eigenvalue weighted by Gasteiger charge is 2.09. The molecule has 0 aliphatic rings. The second-order valence-corrected chi connectivity index (χ2v) is 6.59. The SMILES string of the molecule is Cc1ccc(NCCCCOc2cc(C)c(Cl)c(C)c2)c(C(=O)O)c1. The van der Waals surface area contributed by atoms with E-state index in [4.69, 9.17) is 16.3 Å². The number of aromatic carboxylic acids is 1. The maximum absolute atomic E-state index is 11.3. The number of carboxylic acid groups (broad SMARTS) is 1. The number of hydrogen-bond donors (Lipinski definition) is 2. The molecule has 0 radical (unpaired) electrons. The van der Waals surface area contributed by atoms with Gasteiger partial charge in [0.2, 0.25) is 0 Å². The van der Waals surface area contributed by atoms with Gasteiger partial charge in [-0.1, -0.05) is 23.2 Å². The van der Waals surface area contributed by atoms with Gasteiger partial charge in [-0.05, 0) is 69.0 Å². The molecule has 0 heterocycles. The van der Waals surface area contributed by atoms with Crippen molar-refractivity contribution in [1.29, 1.82) is 0 Å². The Kier molecular flexibility index (Phi) is 6.71. The van der Waals surface area contributed by atoms with E-state index in [-0.39, 0.29) is 0 Å². The molecule has 0 aliphatic carbocycles. The highest BCUT2D eigenvalue weighted by atomic mass is 35.5. The summed E-state index contributed by atoms with van der Waals surface area (Å²) in [6.07, 6.45) is 1.76. The van der Waals surface area contributed by atoms with Crippen LogP contribution in [0.4, 0.5) is 5.69 Å². The zero-order chi connectivity index (χ0) is 18.4. The van der Waals surface area contributed by atoms with E-state index >= 15 is 0 Å². The number of hydrogen-bond acceptors (Lipinski definition) is 3. The molecule has 2 rings (SSSR count). The van der Waals surface area contributed by atoms with Crippen LogP contribution in [0.15, 0.2) is 30.3 Å². The minimum absolute atomic E-state index is 0.309. The first-order chi connectivity index (χ1) is 11.9. The lowest BCUT2D eigenvalue weighted by Gasteiger charge is -2.12. The van der Waals surface area contributed by atoms with Crippen LogP contribution in [0.5, 0.6) is 5.75 Å².